The maximum atomic E-state index is 12.0. The van der Waals surface area contributed by atoms with Crippen LogP contribution in [0.2, 0.25) is 0 Å². The van der Waals surface area contributed by atoms with Crippen molar-refractivity contribution in [1.29, 1.82) is 0 Å². The lowest BCUT2D eigenvalue weighted by Crippen LogP contribution is -2.46. The Hall–Kier alpha value is -0.620. The molecule has 0 fully saturated rings. The maximum Gasteiger partial charge on any atom is 0.304 e. The molecule has 0 radical (unpaired) electrons. The summed E-state index contributed by atoms with van der Waals surface area (Å²) in [4.78, 5) is 10.8. The van der Waals surface area contributed by atoms with E-state index in [9.17, 15) is 13.2 Å². The van der Waals surface area contributed by atoms with Gasteiger partial charge in [0.25, 0.3) is 0 Å². The molecular formula is C12H25NO4S. The van der Waals surface area contributed by atoms with Crippen molar-refractivity contribution in [2.75, 3.05) is 0 Å². The fourth-order valence-corrected chi connectivity index (χ4v) is 2.46. The molecule has 0 heterocycles. The predicted molar refractivity (Wildman–Crippen MR) is 71.9 cm³/mol. The van der Waals surface area contributed by atoms with Gasteiger partial charge in [0.05, 0.1) is 11.2 Å². The van der Waals surface area contributed by atoms with Crippen LogP contribution in [-0.4, -0.2) is 30.3 Å². The summed E-state index contributed by atoms with van der Waals surface area (Å²) in [6.07, 6.45) is 0.279. The van der Waals surface area contributed by atoms with Crippen molar-refractivity contribution < 1.29 is 18.3 Å². The van der Waals surface area contributed by atoms with Gasteiger partial charge in [-0.3, -0.25) is 4.79 Å². The van der Waals surface area contributed by atoms with Crippen LogP contribution in [0.5, 0.6) is 0 Å². The molecule has 0 bridgehead atoms. The fourth-order valence-electron chi connectivity index (χ4n) is 1.50. The highest BCUT2D eigenvalue weighted by Gasteiger charge is 2.33. The Bertz CT molecular complexity index is 387. The van der Waals surface area contributed by atoms with Crippen molar-refractivity contribution in [3.05, 3.63) is 0 Å². The smallest absolute Gasteiger partial charge is 0.304 e. The average molecular weight is 279 g/mol. The molecule has 0 aromatic carbocycles. The Morgan fingerprint density at radius 2 is 1.61 bits per heavy atom. The lowest BCUT2D eigenvalue weighted by Gasteiger charge is -2.29. The van der Waals surface area contributed by atoms with Crippen LogP contribution in [0.4, 0.5) is 0 Å². The summed E-state index contributed by atoms with van der Waals surface area (Å²) < 4.78 is 25.6. The van der Waals surface area contributed by atoms with Crippen LogP contribution in [0.25, 0.3) is 0 Å². The summed E-state index contributed by atoms with van der Waals surface area (Å²) >= 11 is 0. The van der Waals surface area contributed by atoms with E-state index >= 15 is 0 Å². The second-order valence-electron chi connectivity index (χ2n) is 6.79. The molecule has 0 aliphatic heterocycles. The summed E-state index contributed by atoms with van der Waals surface area (Å²) in [7, 11) is -3.53. The van der Waals surface area contributed by atoms with Gasteiger partial charge in [0.1, 0.15) is 0 Å². The first-order chi connectivity index (χ1) is 7.74. The van der Waals surface area contributed by atoms with E-state index < -0.39 is 26.8 Å². The van der Waals surface area contributed by atoms with Crippen molar-refractivity contribution in [1.82, 2.24) is 4.72 Å². The van der Waals surface area contributed by atoms with Gasteiger partial charge in [-0.05, 0) is 32.6 Å². The van der Waals surface area contributed by atoms with E-state index in [-0.39, 0.29) is 11.8 Å². The molecule has 1 unspecified atom stereocenters. The van der Waals surface area contributed by atoms with Gasteiger partial charge in [-0.25, -0.2) is 13.1 Å². The summed E-state index contributed by atoms with van der Waals surface area (Å²) in [5.41, 5.74) is -0.138. The molecule has 0 saturated heterocycles. The van der Waals surface area contributed by atoms with Crippen LogP contribution in [0.3, 0.4) is 0 Å². The third-order valence-electron chi connectivity index (χ3n) is 2.41. The number of sulfonamides is 1. The third kappa shape index (κ3) is 6.35. The number of hydrogen-bond donors (Lipinski definition) is 2. The number of aliphatic carboxylic acids is 1. The largest absolute Gasteiger partial charge is 0.481 e. The van der Waals surface area contributed by atoms with Crippen LogP contribution in [0.15, 0.2) is 0 Å². The highest BCUT2D eigenvalue weighted by molar-refractivity contribution is 7.90. The zero-order valence-corrected chi connectivity index (χ0v) is 12.9. The molecule has 0 saturated carbocycles. The van der Waals surface area contributed by atoms with Gasteiger partial charge in [-0.1, -0.05) is 20.8 Å². The first-order valence-corrected chi connectivity index (χ1v) is 7.46. The van der Waals surface area contributed by atoms with E-state index in [0.29, 0.717) is 6.42 Å². The number of hydrogen-bond acceptors (Lipinski definition) is 3. The summed E-state index contributed by atoms with van der Waals surface area (Å²) in [6, 6.07) is -0.577. The molecule has 18 heavy (non-hydrogen) atoms. The van der Waals surface area contributed by atoms with Crippen molar-refractivity contribution in [2.45, 2.75) is 65.2 Å². The van der Waals surface area contributed by atoms with Gasteiger partial charge in [0, 0.05) is 6.04 Å². The monoisotopic (exact) mass is 279 g/mol. The number of nitrogens with one attached hydrogen (secondary N) is 1. The van der Waals surface area contributed by atoms with E-state index in [1.54, 1.807) is 20.8 Å². The molecule has 5 nitrogen and oxygen atoms in total. The van der Waals surface area contributed by atoms with Crippen LogP contribution < -0.4 is 4.72 Å². The van der Waals surface area contributed by atoms with E-state index in [1.165, 1.54) is 0 Å². The Morgan fingerprint density at radius 1 is 1.17 bits per heavy atom. The molecule has 108 valence electrons. The number of carboxylic acid groups (broad SMARTS) is 1. The zero-order valence-electron chi connectivity index (χ0n) is 12.1. The molecule has 0 rings (SSSR count). The predicted octanol–water partition coefficient (Wildman–Crippen LogP) is 1.98. The van der Waals surface area contributed by atoms with Gasteiger partial charge in [-0.2, -0.15) is 0 Å². The van der Waals surface area contributed by atoms with Crippen molar-refractivity contribution in [3.63, 3.8) is 0 Å². The number of rotatable bonds is 5. The Balaban J connectivity index is 4.97. The van der Waals surface area contributed by atoms with Gasteiger partial charge in [-0.15, -0.1) is 0 Å². The normalized spacial score (nSPS) is 15.4. The van der Waals surface area contributed by atoms with Crippen LogP contribution in [0.1, 0.15) is 54.4 Å². The Morgan fingerprint density at radius 3 is 1.89 bits per heavy atom. The van der Waals surface area contributed by atoms with Gasteiger partial charge in [0.2, 0.25) is 10.0 Å². The first-order valence-electron chi connectivity index (χ1n) is 5.98. The number of carbonyl (C=O) groups is 1. The van der Waals surface area contributed by atoms with Crippen LogP contribution in [-0.2, 0) is 14.8 Å². The van der Waals surface area contributed by atoms with Gasteiger partial charge in [0.15, 0.2) is 0 Å². The molecule has 2 N–H and O–H groups in total. The molecule has 0 aromatic rings. The van der Waals surface area contributed by atoms with E-state index in [4.69, 9.17) is 5.11 Å². The highest BCUT2D eigenvalue weighted by Crippen LogP contribution is 2.24. The molecule has 0 aliphatic rings. The van der Waals surface area contributed by atoms with Crippen LogP contribution in [0, 0.1) is 5.41 Å². The second-order valence-corrected chi connectivity index (χ2v) is 9.26. The standard InChI is InChI=1S/C12H25NO4S/c1-11(2,3)8-9(7-10(14)15)13-18(16,17)12(4,5)6/h9,13H,7-8H2,1-6H3,(H,14,15). The quantitative estimate of drug-likeness (QED) is 0.806. The Kier molecular flexibility index (Phi) is 5.38. The second kappa shape index (κ2) is 5.57. The molecule has 1 atom stereocenters. The van der Waals surface area contributed by atoms with E-state index in [0.717, 1.165) is 0 Å². The SMILES string of the molecule is CC(C)(C)CC(CC(=O)O)NS(=O)(=O)C(C)(C)C. The molecule has 0 spiro atoms. The van der Waals surface area contributed by atoms with Crippen LogP contribution >= 0.6 is 0 Å². The minimum absolute atomic E-state index is 0.138. The lowest BCUT2D eigenvalue weighted by molar-refractivity contribution is -0.137. The molecule has 0 amide bonds. The lowest BCUT2D eigenvalue weighted by atomic mass is 9.87. The molecule has 0 aromatic heterocycles. The van der Waals surface area contributed by atoms with Gasteiger partial charge < -0.3 is 5.11 Å². The summed E-state index contributed by atoms with van der Waals surface area (Å²) in [5.74, 6) is -0.999. The summed E-state index contributed by atoms with van der Waals surface area (Å²) in [6.45, 7) is 10.6. The highest BCUT2D eigenvalue weighted by atomic mass is 32.2. The topological polar surface area (TPSA) is 83.5 Å². The molecular weight excluding hydrogens is 254 g/mol. The third-order valence-corrected chi connectivity index (χ3v) is 4.66. The first kappa shape index (κ1) is 17.4. The van der Waals surface area contributed by atoms with E-state index in [1.807, 2.05) is 20.8 Å². The van der Waals surface area contributed by atoms with Crippen molar-refractivity contribution in [2.24, 2.45) is 5.41 Å². The van der Waals surface area contributed by atoms with Crippen molar-refractivity contribution >= 4 is 16.0 Å². The van der Waals surface area contributed by atoms with E-state index in [2.05, 4.69) is 4.72 Å². The summed E-state index contributed by atoms with van der Waals surface area (Å²) in [5, 5.41) is 8.85. The molecule has 0 aliphatic carbocycles. The van der Waals surface area contributed by atoms with Gasteiger partial charge >= 0.3 is 5.97 Å². The minimum atomic E-state index is -3.53. The molecule has 6 heteroatoms. The minimum Gasteiger partial charge on any atom is -0.481 e. The maximum absolute atomic E-state index is 12.0. The average Bonchev–Trinajstić information content (AvgIpc) is 1.94. The number of carboxylic acids is 1. The zero-order chi connectivity index (χ0) is 14.8. The van der Waals surface area contributed by atoms with Crippen molar-refractivity contribution in [3.8, 4) is 0 Å². The fraction of sp³-hybridized carbons (Fsp3) is 0.917. The Labute approximate surface area is 110 Å².